The van der Waals surface area contributed by atoms with Gasteiger partial charge in [0, 0.05) is 6.54 Å². The van der Waals surface area contributed by atoms with Crippen LogP contribution in [0.5, 0.6) is 0 Å². The average Bonchev–Trinajstić information content (AvgIpc) is 2.34. The Morgan fingerprint density at radius 3 is 2.72 bits per heavy atom. The van der Waals surface area contributed by atoms with Crippen LogP contribution in [0.15, 0.2) is 24.3 Å². The van der Waals surface area contributed by atoms with Crippen LogP contribution in [0, 0.1) is 0 Å². The molecule has 0 bridgehead atoms. The number of ether oxygens (including phenoxy) is 1. The lowest BCUT2D eigenvalue weighted by molar-refractivity contribution is -0.127. The maximum Gasteiger partial charge on any atom is 0.335 e. The minimum absolute atomic E-state index is 0.00564. The van der Waals surface area contributed by atoms with E-state index in [0.717, 1.165) is 5.56 Å². The van der Waals surface area contributed by atoms with Crippen molar-refractivity contribution in [1.82, 2.24) is 5.32 Å². The Morgan fingerprint density at radius 2 is 2.11 bits per heavy atom. The second-order valence-electron chi connectivity index (χ2n) is 4.14. The molecular formula is C13H17NO4. The number of hydrogen-bond donors (Lipinski definition) is 2. The zero-order chi connectivity index (χ0) is 13.5. The molecule has 0 saturated carbocycles. The third-order valence-corrected chi connectivity index (χ3v) is 2.21. The highest BCUT2D eigenvalue weighted by atomic mass is 16.5. The Kier molecular flexibility index (Phi) is 5.32. The van der Waals surface area contributed by atoms with Crippen molar-refractivity contribution in [2.45, 2.75) is 26.5 Å². The summed E-state index contributed by atoms with van der Waals surface area (Å²) in [4.78, 5) is 22.1. The van der Waals surface area contributed by atoms with Crippen LogP contribution in [0.3, 0.4) is 0 Å². The summed E-state index contributed by atoms with van der Waals surface area (Å²) >= 11 is 0. The van der Waals surface area contributed by atoms with Crippen LogP contribution in [0.2, 0.25) is 0 Å². The summed E-state index contributed by atoms with van der Waals surface area (Å²) in [5, 5.41) is 11.5. The molecule has 0 aromatic heterocycles. The predicted octanol–water partition coefficient (Wildman–Crippen LogP) is 1.43. The van der Waals surface area contributed by atoms with Gasteiger partial charge in [0.2, 0.25) is 5.91 Å². The fraction of sp³-hybridized carbons (Fsp3) is 0.385. The molecule has 18 heavy (non-hydrogen) atoms. The van der Waals surface area contributed by atoms with Crippen molar-refractivity contribution in [3.05, 3.63) is 35.4 Å². The first-order valence-electron chi connectivity index (χ1n) is 5.69. The highest BCUT2D eigenvalue weighted by Crippen LogP contribution is 2.05. The first-order valence-corrected chi connectivity index (χ1v) is 5.69. The topological polar surface area (TPSA) is 75.6 Å². The van der Waals surface area contributed by atoms with Gasteiger partial charge in [0.25, 0.3) is 0 Å². The van der Waals surface area contributed by atoms with Gasteiger partial charge in [-0.05, 0) is 31.5 Å². The van der Waals surface area contributed by atoms with E-state index in [4.69, 9.17) is 9.84 Å². The van der Waals surface area contributed by atoms with Crippen molar-refractivity contribution in [2.75, 3.05) is 6.61 Å². The molecule has 0 saturated heterocycles. The average molecular weight is 251 g/mol. The van der Waals surface area contributed by atoms with Crippen molar-refractivity contribution < 1.29 is 19.4 Å². The third kappa shape index (κ3) is 4.97. The Morgan fingerprint density at radius 1 is 1.39 bits per heavy atom. The van der Waals surface area contributed by atoms with Gasteiger partial charge < -0.3 is 15.2 Å². The van der Waals surface area contributed by atoms with Crippen LogP contribution >= 0.6 is 0 Å². The summed E-state index contributed by atoms with van der Waals surface area (Å²) in [5.41, 5.74) is 0.952. The molecule has 0 spiro atoms. The molecule has 0 atom stereocenters. The van der Waals surface area contributed by atoms with E-state index in [1.807, 2.05) is 13.8 Å². The van der Waals surface area contributed by atoms with Crippen molar-refractivity contribution in [1.29, 1.82) is 0 Å². The number of carboxylic acid groups (broad SMARTS) is 1. The minimum atomic E-state index is -0.980. The van der Waals surface area contributed by atoms with Gasteiger partial charge in [0.1, 0.15) is 6.61 Å². The zero-order valence-corrected chi connectivity index (χ0v) is 10.5. The number of amides is 1. The van der Waals surface area contributed by atoms with Crippen LogP contribution in [-0.4, -0.2) is 29.7 Å². The molecule has 5 nitrogen and oxygen atoms in total. The van der Waals surface area contributed by atoms with E-state index in [9.17, 15) is 9.59 Å². The summed E-state index contributed by atoms with van der Waals surface area (Å²) in [6.07, 6.45) is 0.00564. The van der Waals surface area contributed by atoms with Gasteiger partial charge in [-0.1, -0.05) is 12.1 Å². The second kappa shape index (κ2) is 6.76. The molecule has 5 heteroatoms. The molecule has 0 fully saturated rings. The van der Waals surface area contributed by atoms with Gasteiger partial charge in [0.15, 0.2) is 0 Å². The SMILES string of the molecule is CC(C)OCC(=O)NCc1cccc(C(=O)O)c1. The minimum Gasteiger partial charge on any atom is -0.478 e. The normalized spacial score (nSPS) is 10.4. The molecule has 1 amide bonds. The number of carbonyl (C=O) groups excluding carboxylic acids is 1. The first-order chi connectivity index (χ1) is 8.49. The van der Waals surface area contributed by atoms with E-state index in [-0.39, 0.29) is 24.2 Å². The highest BCUT2D eigenvalue weighted by Gasteiger charge is 2.05. The lowest BCUT2D eigenvalue weighted by Gasteiger charge is -2.08. The lowest BCUT2D eigenvalue weighted by atomic mass is 10.1. The predicted molar refractivity (Wildman–Crippen MR) is 66.3 cm³/mol. The molecule has 2 N–H and O–H groups in total. The lowest BCUT2D eigenvalue weighted by Crippen LogP contribution is -2.28. The van der Waals surface area contributed by atoms with Crippen molar-refractivity contribution >= 4 is 11.9 Å². The quantitative estimate of drug-likeness (QED) is 0.802. The Labute approximate surface area is 106 Å². The molecule has 0 unspecified atom stereocenters. The van der Waals surface area contributed by atoms with Crippen molar-refractivity contribution in [2.24, 2.45) is 0 Å². The number of rotatable bonds is 6. The van der Waals surface area contributed by atoms with Gasteiger partial charge >= 0.3 is 5.97 Å². The fourth-order valence-corrected chi connectivity index (χ4v) is 1.31. The standard InChI is InChI=1S/C13H17NO4/c1-9(2)18-8-12(15)14-7-10-4-3-5-11(6-10)13(16)17/h3-6,9H,7-8H2,1-2H3,(H,14,15)(H,16,17). The number of carboxylic acids is 1. The van der Waals surface area contributed by atoms with Gasteiger partial charge in [-0.25, -0.2) is 4.79 Å². The highest BCUT2D eigenvalue weighted by molar-refractivity contribution is 5.87. The monoisotopic (exact) mass is 251 g/mol. The van der Waals surface area contributed by atoms with Crippen LogP contribution < -0.4 is 5.32 Å². The Hall–Kier alpha value is -1.88. The fourth-order valence-electron chi connectivity index (χ4n) is 1.31. The largest absolute Gasteiger partial charge is 0.478 e. The number of aromatic carboxylic acids is 1. The first kappa shape index (κ1) is 14.2. The van der Waals surface area contributed by atoms with Crippen LogP contribution in [-0.2, 0) is 16.1 Å². The molecule has 0 aliphatic carbocycles. The summed E-state index contributed by atoms with van der Waals surface area (Å²) in [6.45, 7) is 4.00. The molecule has 98 valence electrons. The van der Waals surface area contributed by atoms with Crippen molar-refractivity contribution in [3.63, 3.8) is 0 Å². The molecular weight excluding hydrogens is 234 g/mol. The smallest absolute Gasteiger partial charge is 0.335 e. The molecule has 0 heterocycles. The maximum absolute atomic E-state index is 11.4. The van der Waals surface area contributed by atoms with E-state index >= 15 is 0 Å². The van der Waals surface area contributed by atoms with E-state index in [2.05, 4.69) is 5.32 Å². The van der Waals surface area contributed by atoms with E-state index in [1.165, 1.54) is 12.1 Å². The van der Waals surface area contributed by atoms with Gasteiger partial charge in [-0.2, -0.15) is 0 Å². The van der Waals surface area contributed by atoms with Crippen LogP contribution in [0.25, 0.3) is 0 Å². The van der Waals surface area contributed by atoms with E-state index < -0.39 is 5.97 Å². The summed E-state index contributed by atoms with van der Waals surface area (Å²) in [6, 6.07) is 6.45. The van der Waals surface area contributed by atoms with Gasteiger partial charge in [0.05, 0.1) is 11.7 Å². The number of carbonyl (C=O) groups is 2. The van der Waals surface area contributed by atoms with Crippen LogP contribution in [0.4, 0.5) is 0 Å². The van der Waals surface area contributed by atoms with E-state index in [0.29, 0.717) is 6.54 Å². The number of nitrogens with one attached hydrogen (secondary N) is 1. The Bertz CT molecular complexity index is 429. The second-order valence-corrected chi connectivity index (χ2v) is 4.14. The molecule has 0 aliphatic rings. The maximum atomic E-state index is 11.4. The summed E-state index contributed by atoms with van der Waals surface area (Å²) in [5.74, 6) is -1.20. The number of hydrogen-bond acceptors (Lipinski definition) is 3. The van der Waals surface area contributed by atoms with Gasteiger partial charge in [-0.3, -0.25) is 4.79 Å². The number of benzene rings is 1. The zero-order valence-electron chi connectivity index (χ0n) is 10.5. The Balaban J connectivity index is 2.46. The summed E-state index contributed by atoms with van der Waals surface area (Å²) in [7, 11) is 0. The van der Waals surface area contributed by atoms with Crippen LogP contribution in [0.1, 0.15) is 29.8 Å². The van der Waals surface area contributed by atoms with E-state index in [1.54, 1.807) is 12.1 Å². The molecule has 1 rings (SSSR count). The molecule has 0 radical (unpaired) electrons. The molecule has 0 aliphatic heterocycles. The molecule has 1 aromatic carbocycles. The summed E-state index contributed by atoms with van der Waals surface area (Å²) < 4.78 is 5.15. The third-order valence-electron chi connectivity index (χ3n) is 2.21. The molecule has 1 aromatic rings. The van der Waals surface area contributed by atoms with Crippen molar-refractivity contribution in [3.8, 4) is 0 Å². The van der Waals surface area contributed by atoms with Gasteiger partial charge in [-0.15, -0.1) is 0 Å².